The third-order valence-electron chi connectivity index (χ3n) is 4.92. The molecule has 1 fully saturated rings. The van der Waals surface area contributed by atoms with Gasteiger partial charge in [-0.3, -0.25) is 9.78 Å². The highest BCUT2D eigenvalue weighted by Crippen LogP contribution is 2.33. The van der Waals surface area contributed by atoms with Gasteiger partial charge in [-0.2, -0.15) is 0 Å². The monoisotopic (exact) mass is 386 g/mol. The lowest BCUT2D eigenvalue weighted by Gasteiger charge is -2.14. The number of ether oxygens (including phenoxy) is 1. The molecule has 2 atom stereocenters. The molecule has 1 aliphatic rings. The molecular formula is C20H19ClN2O4. The number of aliphatic hydroxyl groups is 1. The van der Waals surface area contributed by atoms with Gasteiger partial charge in [0.1, 0.15) is 0 Å². The summed E-state index contributed by atoms with van der Waals surface area (Å²) in [6.07, 6.45) is 3.58. The van der Waals surface area contributed by atoms with Gasteiger partial charge >= 0.3 is 0 Å². The zero-order valence-electron chi connectivity index (χ0n) is 14.8. The summed E-state index contributed by atoms with van der Waals surface area (Å²) >= 11 is 6.08. The Bertz CT molecular complexity index is 973. The molecular weight excluding hydrogens is 368 g/mol. The number of pyridine rings is 1. The predicted octanol–water partition coefficient (Wildman–Crippen LogP) is 3.17. The first kappa shape index (κ1) is 17.8. The Morgan fingerprint density at radius 1 is 1.33 bits per heavy atom. The van der Waals surface area contributed by atoms with Crippen molar-refractivity contribution in [3.63, 3.8) is 0 Å². The lowest BCUT2D eigenvalue weighted by Crippen LogP contribution is -2.29. The van der Waals surface area contributed by atoms with E-state index in [-0.39, 0.29) is 24.1 Å². The lowest BCUT2D eigenvalue weighted by atomic mass is 9.97. The van der Waals surface area contributed by atoms with Crippen LogP contribution in [0.5, 0.6) is 5.75 Å². The number of β-amino-alcohol motifs (C(OH)–C–C–N with tert-alkyl or cyclic N) is 1. The van der Waals surface area contributed by atoms with Crippen LogP contribution in [0, 0.1) is 5.92 Å². The van der Waals surface area contributed by atoms with Crippen molar-refractivity contribution in [1.29, 1.82) is 0 Å². The molecule has 3 heterocycles. The molecule has 140 valence electrons. The van der Waals surface area contributed by atoms with E-state index >= 15 is 0 Å². The van der Waals surface area contributed by atoms with Crippen molar-refractivity contribution in [3.8, 4) is 5.75 Å². The molecule has 1 N–H and O–H groups in total. The number of amides is 1. The number of methoxy groups -OCH3 is 1. The maximum absolute atomic E-state index is 12.9. The van der Waals surface area contributed by atoms with E-state index in [2.05, 4.69) is 4.98 Å². The Morgan fingerprint density at radius 3 is 2.85 bits per heavy atom. The zero-order chi connectivity index (χ0) is 19.0. The first-order valence-electron chi connectivity index (χ1n) is 8.68. The molecule has 6 nitrogen and oxygen atoms in total. The Balaban J connectivity index is 1.54. The van der Waals surface area contributed by atoms with Crippen LogP contribution in [0.15, 0.2) is 47.1 Å². The summed E-state index contributed by atoms with van der Waals surface area (Å²) in [5.74, 6) is 0.418. The molecule has 0 aliphatic carbocycles. The lowest BCUT2D eigenvalue weighted by molar-refractivity contribution is 0.0736. The largest absolute Gasteiger partial charge is 0.493 e. The van der Waals surface area contributed by atoms with E-state index in [0.29, 0.717) is 34.7 Å². The molecule has 4 rings (SSSR count). The normalized spacial score (nSPS) is 19.6. The first-order chi connectivity index (χ1) is 13.0. The van der Waals surface area contributed by atoms with Crippen LogP contribution in [-0.4, -0.2) is 47.2 Å². The fraction of sp³-hybridized carbons (Fsp3) is 0.300. The van der Waals surface area contributed by atoms with Crippen molar-refractivity contribution in [3.05, 3.63) is 59.1 Å². The highest BCUT2D eigenvalue weighted by Gasteiger charge is 2.35. The van der Waals surface area contributed by atoms with Gasteiger partial charge < -0.3 is 19.2 Å². The molecule has 1 amide bonds. The average molecular weight is 387 g/mol. The van der Waals surface area contributed by atoms with Crippen LogP contribution in [0.25, 0.3) is 11.0 Å². The number of fused-ring (bicyclic) bond motifs is 1. The summed E-state index contributed by atoms with van der Waals surface area (Å²) < 4.78 is 11.0. The molecule has 3 aromatic rings. The molecule has 1 saturated heterocycles. The van der Waals surface area contributed by atoms with Gasteiger partial charge in [0, 0.05) is 47.9 Å². The number of halogens is 1. The molecule has 2 aromatic heterocycles. The van der Waals surface area contributed by atoms with Crippen LogP contribution in [-0.2, 0) is 6.42 Å². The standard InChI is InChI=1S/C20H19ClN2O4/c1-26-17-9-15(21)7-13-8-18(27-19(13)17)20(25)23-10-14(16(24)11-23)6-12-2-4-22-5-3-12/h2-5,7-9,14,16,24H,6,10-11H2,1H3/t14-,16+/m1/s1. The summed E-state index contributed by atoms with van der Waals surface area (Å²) in [6, 6.07) is 8.88. The van der Waals surface area contributed by atoms with Crippen LogP contribution in [0.4, 0.5) is 0 Å². The van der Waals surface area contributed by atoms with Gasteiger partial charge in [-0.1, -0.05) is 11.6 Å². The van der Waals surface area contributed by atoms with Crippen LogP contribution in [0.3, 0.4) is 0 Å². The van der Waals surface area contributed by atoms with Gasteiger partial charge in [0.2, 0.25) is 0 Å². The number of rotatable bonds is 4. The third-order valence-corrected chi connectivity index (χ3v) is 5.14. The molecule has 0 bridgehead atoms. The number of furan rings is 1. The fourth-order valence-corrected chi connectivity index (χ4v) is 3.76. The second kappa shape index (κ2) is 7.21. The van der Waals surface area contributed by atoms with Gasteiger partial charge in [-0.15, -0.1) is 0 Å². The molecule has 0 saturated carbocycles. The second-order valence-corrected chi connectivity index (χ2v) is 7.17. The van der Waals surface area contributed by atoms with Gasteiger partial charge in [0.25, 0.3) is 5.91 Å². The Kier molecular flexibility index (Phi) is 4.76. The zero-order valence-corrected chi connectivity index (χ0v) is 15.5. The summed E-state index contributed by atoms with van der Waals surface area (Å²) in [7, 11) is 1.52. The summed E-state index contributed by atoms with van der Waals surface area (Å²) in [4.78, 5) is 18.5. The number of aliphatic hydroxyl groups excluding tert-OH is 1. The fourth-order valence-electron chi connectivity index (χ4n) is 3.54. The van der Waals surface area contributed by atoms with Crippen molar-refractivity contribution in [1.82, 2.24) is 9.88 Å². The Labute approximate surface area is 161 Å². The third kappa shape index (κ3) is 3.50. The minimum absolute atomic E-state index is 0.0234. The number of nitrogens with zero attached hydrogens (tertiary/aromatic N) is 2. The number of carbonyl (C=O) groups excluding carboxylic acids is 1. The number of hydrogen-bond acceptors (Lipinski definition) is 5. The topological polar surface area (TPSA) is 75.8 Å². The van der Waals surface area contributed by atoms with Gasteiger partial charge in [0.05, 0.1) is 13.2 Å². The number of benzene rings is 1. The van der Waals surface area contributed by atoms with Crippen molar-refractivity contribution in [2.75, 3.05) is 20.2 Å². The van der Waals surface area contributed by atoms with Crippen molar-refractivity contribution >= 4 is 28.5 Å². The molecule has 27 heavy (non-hydrogen) atoms. The predicted molar refractivity (Wildman–Crippen MR) is 101 cm³/mol. The number of aromatic nitrogens is 1. The molecule has 1 aromatic carbocycles. The van der Waals surface area contributed by atoms with Crippen molar-refractivity contribution in [2.24, 2.45) is 5.92 Å². The quantitative estimate of drug-likeness (QED) is 0.745. The minimum atomic E-state index is -0.574. The van der Waals surface area contributed by atoms with E-state index in [0.717, 1.165) is 5.56 Å². The Morgan fingerprint density at radius 2 is 2.11 bits per heavy atom. The minimum Gasteiger partial charge on any atom is -0.493 e. The highest BCUT2D eigenvalue weighted by molar-refractivity contribution is 6.31. The SMILES string of the molecule is COc1cc(Cl)cc2cc(C(=O)N3C[C@@H](Cc4ccncc4)[C@@H](O)C3)oc12. The Hall–Kier alpha value is -2.57. The highest BCUT2D eigenvalue weighted by atomic mass is 35.5. The van der Waals surface area contributed by atoms with Gasteiger partial charge in [0.15, 0.2) is 17.1 Å². The number of likely N-dealkylation sites (tertiary alicyclic amines) is 1. The van der Waals surface area contributed by atoms with E-state index in [1.165, 1.54) is 7.11 Å². The van der Waals surface area contributed by atoms with E-state index in [9.17, 15) is 9.90 Å². The number of carbonyl (C=O) groups is 1. The molecule has 0 radical (unpaired) electrons. The van der Waals surface area contributed by atoms with Crippen LogP contribution < -0.4 is 4.74 Å². The first-order valence-corrected chi connectivity index (χ1v) is 9.06. The molecule has 1 aliphatic heterocycles. The van der Waals surface area contributed by atoms with E-state index in [1.807, 2.05) is 12.1 Å². The van der Waals surface area contributed by atoms with Crippen LogP contribution in [0.1, 0.15) is 16.1 Å². The molecule has 0 unspecified atom stereocenters. The van der Waals surface area contributed by atoms with E-state index < -0.39 is 6.10 Å². The molecule has 7 heteroatoms. The van der Waals surface area contributed by atoms with Crippen molar-refractivity contribution < 1.29 is 19.1 Å². The average Bonchev–Trinajstić information content (AvgIpc) is 3.25. The van der Waals surface area contributed by atoms with Gasteiger partial charge in [-0.05, 0) is 36.2 Å². The molecule has 0 spiro atoms. The summed E-state index contributed by atoms with van der Waals surface area (Å²) in [5, 5.41) is 11.6. The summed E-state index contributed by atoms with van der Waals surface area (Å²) in [5.41, 5.74) is 1.57. The van der Waals surface area contributed by atoms with E-state index in [4.69, 9.17) is 20.8 Å². The maximum atomic E-state index is 12.9. The van der Waals surface area contributed by atoms with Crippen LogP contribution in [0.2, 0.25) is 5.02 Å². The summed E-state index contributed by atoms with van der Waals surface area (Å²) in [6.45, 7) is 0.751. The maximum Gasteiger partial charge on any atom is 0.289 e. The smallest absolute Gasteiger partial charge is 0.289 e. The van der Waals surface area contributed by atoms with Crippen LogP contribution >= 0.6 is 11.6 Å². The van der Waals surface area contributed by atoms with Gasteiger partial charge in [-0.25, -0.2) is 0 Å². The number of hydrogen-bond donors (Lipinski definition) is 1. The second-order valence-electron chi connectivity index (χ2n) is 6.73. The van der Waals surface area contributed by atoms with Crippen molar-refractivity contribution in [2.45, 2.75) is 12.5 Å². The van der Waals surface area contributed by atoms with E-state index in [1.54, 1.807) is 35.5 Å².